The first kappa shape index (κ1) is 29.8. The Morgan fingerprint density at radius 1 is 1.21 bits per heavy atom. The van der Waals surface area contributed by atoms with Gasteiger partial charge >= 0.3 is 0 Å². The Morgan fingerprint density at radius 2 is 1.92 bits per heavy atom. The van der Waals surface area contributed by atoms with Gasteiger partial charge in [-0.2, -0.15) is 0 Å². The first-order valence-corrected chi connectivity index (χ1v) is 13.6. The number of benzene rings is 2. The molecule has 0 saturated carbocycles. The fourth-order valence-electron chi connectivity index (χ4n) is 4.63. The lowest BCUT2D eigenvalue weighted by Gasteiger charge is -2.32. The van der Waals surface area contributed by atoms with Crippen molar-refractivity contribution in [1.29, 1.82) is 0 Å². The van der Waals surface area contributed by atoms with Gasteiger partial charge in [-0.15, -0.1) is 0 Å². The largest absolute Gasteiger partial charge is 0.395 e. The molecule has 0 aliphatic carbocycles. The van der Waals surface area contributed by atoms with Crippen LogP contribution in [0.25, 0.3) is 0 Å². The smallest absolute Gasteiger partial charge is 0.248 e. The molecule has 5 atom stereocenters. The molecule has 0 spiro atoms. The average Bonchev–Trinajstić information content (AvgIpc) is 3.38. The molecule has 4 N–H and O–H groups in total. The normalized spacial score (nSPS) is 19.6. The summed E-state index contributed by atoms with van der Waals surface area (Å²) in [6.45, 7) is 6.21. The van der Waals surface area contributed by atoms with Crippen LogP contribution in [0.1, 0.15) is 44.7 Å². The lowest BCUT2D eigenvalue weighted by atomic mass is 9.83. The molecule has 0 bridgehead atoms. The van der Waals surface area contributed by atoms with E-state index < -0.39 is 29.5 Å². The average molecular weight is 542 g/mol. The number of nitrogens with one attached hydrogen (secondary N) is 1. The number of nitrogens with two attached hydrogens (primary N) is 1. The number of amides is 2. The first-order valence-electron chi connectivity index (χ1n) is 13.2. The number of hydrogen-bond donors (Lipinski definition) is 3. The third-order valence-corrected chi connectivity index (χ3v) is 7.20. The van der Waals surface area contributed by atoms with Gasteiger partial charge in [0.2, 0.25) is 11.8 Å². The molecule has 2 amide bonds. The minimum absolute atomic E-state index is 0.0475. The van der Waals surface area contributed by atoms with Gasteiger partial charge < -0.3 is 25.8 Å². The number of ether oxygens (including phenoxy) is 1. The molecule has 0 radical (unpaired) electrons. The van der Waals surface area contributed by atoms with E-state index in [9.17, 15) is 14.7 Å². The summed E-state index contributed by atoms with van der Waals surface area (Å²) in [7, 11) is 0. The number of aliphatic hydroxyl groups excluding tert-OH is 1. The van der Waals surface area contributed by atoms with E-state index in [0.29, 0.717) is 24.6 Å². The van der Waals surface area contributed by atoms with Gasteiger partial charge in [-0.3, -0.25) is 9.59 Å². The Hall–Kier alpha value is -2.71. The third-order valence-electron chi connectivity index (χ3n) is 6.96. The van der Waals surface area contributed by atoms with Gasteiger partial charge in [0, 0.05) is 17.0 Å². The van der Waals surface area contributed by atoms with E-state index >= 15 is 0 Å². The van der Waals surface area contributed by atoms with Gasteiger partial charge in [0.05, 0.1) is 31.4 Å². The van der Waals surface area contributed by atoms with Crippen LogP contribution in [0.15, 0.2) is 66.7 Å². The maximum Gasteiger partial charge on any atom is 0.248 e. The number of carbonyl (C=O) groups is 2. The molecule has 1 heterocycles. The number of aliphatic hydroxyl groups is 1. The molecule has 8 heteroatoms. The predicted octanol–water partition coefficient (Wildman–Crippen LogP) is 3.87. The van der Waals surface area contributed by atoms with Crippen molar-refractivity contribution in [2.45, 2.75) is 70.9 Å². The predicted molar refractivity (Wildman–Crippen MR) is 150 cm³/mol. The summed E-state index contributed by atoms with van der Waals surface area (Å²) < 4.78 is 6.03. The number of likely N-dealkylation sites (tertiary alicyclic amines) is 1. The van der Waals surface area contributed by atoms with Gasteiger partial charge in [-0.25, -0.2) is 0 Å². The summed E-state index contributed by atoms with van der Waals surface area (Å²) in [5.74, 6) is -0.605. The molecule has 3 rings (SSSR count). The van der Waals surface area contributed by atoms with Gasteiger partial charge in [0.1, 0.15) is 6.04 Å². The summed E-state index contributed by atoms with van der Waals surface area (Å²) in [6.07, 6.45) is 5.69. The summed E-state index contributed by atoms with van der Waals surface area (Å²) >= 11 is 6.15. The van der Waals surface area contributed by atoms with Crippen molar-refractivity contribution in [1.82, 2.24) is 10.2 Å². The summed E-state index contributed by atoms with van der Waals surface area (Å²) in [4.78, 5) is 28.1. The number of nitrogens with zero attached hydrogens (tertiary/aromatic N) is 1. The van der Waals surface area contributed by atoms with Gasteiger partial charge in [0.15, 0.2) is 0 Å². The number of rotatable bonds is 12. The quantitative estimate of drug-likeness (QED) is 0.354. The minimum atomic E-state index is -0.873. The standard InChI is InChI=1S/C30H40ClN3O4/c1-21(32)28(36)33-27(22(2)38-19-23-9-5-4-6-10-23)29(37)34-16-8-13-26(34)14-15-30(3,20-35)18-24-11-7-12-25(31)17-24/h4-7,9-12,14-15,17,21-22,26-27,35H,8,13,16,18-20,32H2,1-3H3,(H,33,36)/b15-14+/t21-,22?,26-,27?,30?/m0/s1. The topological polar surface area (TPSA) is 105 Å². The Balaban J connectivity index is 1.74. The second-order valence-corrected chi connectivity index (χ2v) is 10.9. The van der Waals surface area contributed by atoms with Crippen molar-refractivity contribution in [2.75, 3.05) is 13.2 Å². The Morgan fingerprint density at radius 3 is 2.58 bits per heavy atom. The van der Waals surface area contributed by atoms with Crippen LogP contribution in [0.3, 0.4) is 0 Å². The second-order valence-electron chi connectivity index (χ2n) is 10.5. The van der Waals surface area contributed by atoms with Gasteiger partial charge in [-0.1, -0.05) is 73.1 Å². The molecular formula is C30H40ClN3O4. The Kier molecular flexibility index (Phi) is 10.9. The highest BCUT2D eigenvalue weighted by Crippen LogP contribution is 2.28. The molecule has 206 valence electrons. The second kappa shape index (κ2) is 13.9. The molecule has 7 nitrogen and oxygen atoms in total. The molecule has 2 aromatic rings. The number of halogens is 1. The molecule has 1 saturated heterocycles. The fourth-order valence-corrected chi connectivity index (χ4v) is 4.84. The number of hydrogen-bond acceptors (Lipinski definition) is 5. The Bertz CT molecular complexity index is 1090. The van der Waals surface area contributed by atoms with E-state index in [1.165, 1.54) is 0 Å². The lowest BCUT2D eigenvalue weighted by molar-refractivity contribution is -0.141. The van der Waals surface area contributed by atoms with Crippen LogP contribution >= 0.6 is 11.6 Å². The van der Waals surface area contributed by atoms with Gasteiger partial charge in [-0.05, 0) is 56.4 Å². The van der Waals surface area contributed by atoms with E-state index in [-0.39, 0.29) is 18.6 Å². The fraction of sp³-hybridized carbons (Fsp3) is 0.467. The molecule has 3 unspecified atom stereocenters. The van der Waals surface area contributed by atoms with E-state index in [1.807, 2.05) is 73.7 Å². The van der Waals surface area contributed by atoms with E-state index in [1.54, 1.807) is 18.7 Å². The van der Waals surface area contributed by atoms with Crippen LogP contribution < -0.4 is 11.1 Å². The minimum Gasteiger partial charge on any atom is -0.395 e. The van der Waals surface area contributed by atoms with Crippen LogP contribution in [0.5, 0.6) is 0 Å². The van der Waals surface area contributed by atoms with Crippen LogP contribution in [-0.4, -0.2) is 59.2 Å². The highest BCUT2D eigenvalue weighted by molar-refractivity contribution is 6.30. The SMILES string of the molecule is CC(OCc1ccccc1)C(NC(=O)[C@H](C)N)C(=O)N1CCC[C@H]1/C=C/C(C)(CO)Cc1cccc(Cl)c1. The van der Waals surface area contributed by atoms with Crippen molar-refractivity contribution in [3.8, 4) is 0 Å². The van der Waals surface area contributed by atoms with Crippen LogP contribution in [0.2, 0.25) is 5.02 Å². The molecule has 1 aliphatic rings. The summed E-state index contributed by atoms with van der Waals surface area (Å²) in [5, 5.41) is 13.7. The summed E-state index contributed by atoms with van der Waals surface area (Å²) in [6, 6.07) is 15.5. The van der Waals surface area contributed by atoms with Crippen molar-refractivity contribution in [2.24, 2.45) is 11.1 Å². The van der Waals surface area contributed by atoms with E-state index in [4.69, 9.17) is 22.1 Å². The maximum atomic E-state index is 13.8. The van der Waals surface area contributed by atoms with Crippen LogP contribution in [0, 0.1) is 5.41 Å². The zero-order chi connectivity index (χ0) is 27.7. The number of carbonyl (C=O) groups excluding carboxylic acids is 2. The maximum absolute atomic E-state index is 13.8. The zero-order valence-electron chi connectivity index (χ0n) is 22.5. The van der Waals surface area contributed by atoms with Crippen molar-refractivity contribution in [3.63, 3.8) is 0 Å². The van der Waals surface area contributed by atoms with E-state index in [0.717, 1.165) is 24.0 Å². The Labute approximate surface area is 231 Å². The molecule has 1 aliphatic heterocycles. The molecule has 38 heavy (non-hydrogen) atoms. The van der Waals surface area contributed by atoms with Crippen LogP contribution in [0.4, 0.5) is 0 Å². The third kappa shape index (κ3) is 8.40. The monoisotopic (exact) mass is 541 g/mol. The van der Waals surface area contributed by atoms with Crippen molar-refractivity contribution >= 4 is 23.4 Å². The lowest BCUT2D eigenvalue weighted by Crippen LogP contribution is -2.57. The molecule has 1 fully saturated rings. The van der Waals surface area contributed by atoms with E-state index in [2.05, 4.69) is 5.32 Å². The highest BCUT2D eigenvalue weighted by atomic mass is 35.5. The van der Waals surface area contributed by atoms with Crippen molar-refractivity contribution in [3.05, 3.63) is 82.9 Å². The van der Waals surface area contributed by atoms with Crippen LogP contribution in [-0.2, 0) is 27.4 Å². The molecular weight excluding hydrogens is 502 g/mol. The first-order chi connectivity index (χ1) is 18.1. The van der Waals surface area contributed by atoms with Gasteiger partial charge in [0.25, 0.3) is 0 Å². The zero-order valence-corrected chi connectivity index (χ0v) is 23.2. The molecule has 0 aromatic heterocycles. The molecule has 2 aromatic carbocycles. The highest BCUT2D eigenvalue weighted by Gasteiger charge is 2.37. The summed E-state index contributed by atoms with van der Waals surface area (Å²) in [5.41, 5.74) is 7.29. The van der Waals surface area contributed by atoms with Crippen molar-refractivity contribution < 1.29 is 19.4 Å².